The Balaban J connectivity index is 0.00000243. The number of amides is 1. The molecule has 1 aromatic carbocycles. The summed E-state index contributed by atoms with van der Waals surface area (Å²) in [5.41, 5.74) is 7.68. The first-order valence-electron chi connectivity index (χ1n) is 8.57. The molecule has 1 saturated heterocycles. The molecule has 1 aliphatic rings. The monoisotopic (exact) mass is 396 g/mol. The summed E-state index contributed by atoms with van der Waals surface area (Å²) < 4.78 is 5.54. The number of thiophene rings is 1. The first-order valence-corrected chi connectivity index (χ1v) is 9.45. The number of rotatable bonds is 6. The van der Waals surface area contributed by atoms with E-state index in [4.69, 9.17) is 10.5 Å². The molecule has 2 atom stereocenters. The lowest BCUT2D eigenvalue weighted by molar-refractivity contribution is -0.141. The number of halogens is 1. The van der Waals surface area contributed by atoms with E-state index in [-0.39, 0.29) is 24.4 Å². The number of benzene rings is 1. The largest absolute Gasteiger partial charge is 0.399 e. The summed E-state index contributed by atoms with van der Waals surface area (Å²) in [5.74, 6) is 0.0925. The number of carbonyl (C=O) groups excluding carboxylic acids is 1. The summed E-state index contributed by atoms with van der Waals surface area (Å²) in [6.45, 7) is 1.59. The summed E-state index contributed by atoms with van der Waals surface area (Å²) in [7, 11) is 0. The molecule has 3 rings (SSSR count). The molecule has 0 radical (unpaired) electrons. The zero-order valence-electron chi connectivity index (χ0n) is 14.5. The number of nitrogens with two attached hydrogens (primary N) is 1. The minimum Gasteiger partial charge on any atom is -0.399 e. The van der Waals surface area contributed by atoms with Gasteiger partial charge in [0, 0.05) is 30.0 Å². The highest BCUT2D eigenvalue weighted by Crippen LogP contribution is 2.26. The predicted molar refractivity (Wildman–Crippen MR) is 107 cm³/mol. The Morgan fingerprint density at radius 3 is 2.88 bits per heavy atom. The number of ether oxygens (including phenoxy) is 1. The van der Waals surface area contributed by atoms with E-state index in [2.05, 4.69) is 0 Å². The molecule has 0 aliphatic carbocycles. The van der Waals surface area contributed by atoms with E-state index in [0.717, 1.165) is 16.1 Å². The van der Waals surface area contributed by atoms with Crippen molar-refractivity contribution in [2.75, 3.05) is 25.5 Å². The molecule has 142 valence electrons. The molecule has 0 bridgehead atoms. The zero-order chi connectivity index (χ0) is 17.6. The van der Waals surface area contributed by atoms with Gasteiger partial charge in [-0.05, 0) is 29.5 Å². The number of aliphatic hydroxyl groups is 1. The highest BCUT2D eigenvalue weighted by molar-refractivity contribution is 7.10. The number of aliphatic hydroxyl groups excluding tert-OH is 1. The van der Waals surface area contributed by atoms with Crippen LogP contribution in [0.5, 0.6) is 0 Å². The van der Waals surface area contributed by atoms with Crippen LogP contribution in [0.1, 0.15) is 29.4 Å². The molecule has 2 unspecified atom stereocenters. The number of hydrogen-bond donors (Lipinski definition) is 2. The van der Waals surface area contributed by atoms with Crippen molar-refractivity contribution in [1.29, 1.82) is 0 Å². The Labute approximate surface area is 164 Å². The van der Waals surface area contributed by atoms with E-state index in [9.17, 15) is 9.90 Å². The average Bonchev–Trinajstić information content (AvgIpc) is 3.16. The van der Waals surface area contributed by atoms with Crippen molar-refractivity contribution in [2.45, 2.75) is 31.4 Å². The maximum absolute atomic E-state index is 12.7. The molecule has 1 aliphatic heterocycles. The fraction of sp³-hybridized carbons (Fsp3) is 0.421. The Hall–Kier alpha value is -1.60. The van der Waals surface area contributed by atoms with Crippen molar-refractivity contribution in [3.8, 4) is 0 Å². The van der Waals surface area contributed by atoms with Crippen LogP contribution in [0.25, 0.3) is 0 Å². The van der Waals surface area contributed by atoms with Crippen molar-refractivity contribution in [2.24, 2.45) is 0 Å². The van der Waals surface area contributed by atoms with Crippen LogP contribution in [-0.4, -0.2) is 41.7 Å². The Kier molecular flexibility index (Phi) is 7.90. The van der Waals surface area contributed by atoms with Crippen LogP contribution in [0.15, 0.2) is 41.8 Å². The molecule has 26 heavy (non-hydrogen) atoms. The van der Waals surface area contributed by atoms with E-state index in [0.29, 0.717) is 39.0 Å². The zero-order valence-corrected chi connectivity index (χ0v) is 16.2. The van der Waals surface area contributed by atoms with Gasteiger partial charge < -0.3 is 20.5 Å². The lowest BCUT2D eigenvalue weighted by Gasteiger charge is -2.36. The third-order valence-corrected chi connectivity index (χ3v) is 5.55. The molecule has 1 fully saturated rings. The fourth-order valence-corrected chi connectivity index (χ4v) is 3.90. The number of morpholine rings is 1. The first kappa shape index (κ1) is 20.7. The van der Waals surface area contributed by atoms with Crippen LogP contribution in [0.2, 0.25) is 0 Å². The van der Waals surface area contributed by atoms with E-state index in [1.807, 2.05) is 46.7 Å². The van der Waals surface area contributed by atoms with Crippen LogP contribution in [0.4, 0.5) is 5.69 Å². The highest BCUT2D eigenvalue weighted by Gasteiger charge is 2.29. The predicted octanol–water partition coefficient (Wildman–Crippen LogP) is 3.04. The van der Waals surface area contributed by atoms with Crippen molar-refractivity contribution in [3.05, 3.63) is 52.2 Å². The van der Waals surface area contributed by atoms with Crippen molar-refractivity contribution in [3.63, 3.8) is 0 Å². The number of nitrogen functional groups attached to an aromatic ring is 1. The maximum atomic E-state index is 12.7. The number of aryl methyl sites for hydroxylation is 1. The smallest absolute Gasteiger partial charge is 0.223 e. The second-order valence-corrected chi connectivity index (χ2v) is 7.26. The van der Waals surface area contributed by atoms with Gasteiger partial charge >= 0.3 is 0 Å². The average molecular weight is 397 g/mol. The molecule has 5 nitrogen and oxygen atoms in total. The molecule has 0 saturated carbocycles. The molecule has 3 N–H and O–H groups in total. The summed E-state index contributed by atoms with van der Waals surface area (Å²) in [6, 6.07) is 11.4. The Morgan fingerprint density at radius 1 is 1.35 bits per heavy atom. The van der Waals surface area contributed by atoms with Crippen molar-refractivity contribution in [1.82, 2.24) is 4.90 Å². The summed E-state index contributed by atoms with van der Waals surface area (Å²) >= 11 is 1.53. The summed E-state index contributed by atoms with van der Waals surface area (Å²) in [5, 5.41) is 12.4. The highest BCUT2D eigenvalue weighted by atomic mass is 35.5. The van der Waals surface area contributed by atoms with Gasteiger partial charge in [0.15, 0.2) is 0 Å². The quantitative estimate of drug-likeness (QED) is 0.736. The van der Waals surface area contributed by atoms with Gasteiger partial charge in [-0.1, -0.05) is 24.3 Å². The lowest BCUT2D eigenvalue weighted by Crippen LogP contribution is -2.49. The van der Waals surface area contributed by atoms with Crippen LogP contribution in [-0.2, 0) is 16.0 Å². The van der Waals surface area contributed by atoms with Gasteiger partial charge in [0.2, 0.25) is 5.91 Å². The van der Waals surface area contributed by atoms with E-state index >= 15 is 0 Å². The first-order chi connectivity index (χ1) is 12.1. The van der Waals surface area contributed by atoms with Gasteiger partial charge in [-0.15, -0.1) is 23.7 Å². The van der Waals surface area contributed by atoms with Gasteiger partial charge in [0.25, 0.3) is 0 Å². The van der Waals surface area contributed by atoms with Crippen LogP contribution in [0.3, 0.4) is 0 Å². The minimum atomic E-state index is -0.563. The normalized spacial score (nSPS) is 18.2. The van der Waals surface area contributed by atoms with E-state index in [1.165, 1.54) is 11.3 Å². The number of nitrogens with zero attached hydrogens (tertiary/aromatic N) is 1. The molecular formula is C19H25ClN2O3S. The maximum Gasteiger partial charge on any atom is 0.223 e. The molecule has 7 heteroatoms. The Bertz CT molecular complexity index is 696. The third kappa shape index (κ3) is 5.20. The van der Waals surface area contributed by atoms with Crippen LogP contribution >= 0.6 is 23.7 Å². The number of carbonyl (C=O) groups is 1. The molecule has 2 heterocycles. The van der Waals surface area contributed by atoms with E-state index in [1.54, 1.807) is 0 Å². The fourth-order valence-electron chi connectivity index (χ4n) is 3.18. The van der Waals surface area contributed by atoms with Gasteiger partial charge in [-0.25, -0.2) is 0 Å². The standard InChI is InChI=1S/C19H24N2O3S.ClH/c20-16-5-2-1-4-14(16)7-8-19(23)21-9-10-24-13-15(21)12-17(22)18-6-3-11-25-18;/h1-6,11,15,17,22H,7-10,12-13,20H2;1H. The van der Waals surface area contributed by atoms with Gasteiger partial charge in [-0.3, -0.25) is 4.79 Å². The lowest BCUT2D eigenvalue weighted by atomic mass is 10.0. The van der Waals surface area contributed by atoms with Gasteiger partial charge in [0.1, 0.15) is 0 Å². The molecule has 1 amide bonds. The topological polar surface area (TPSA) is 75.8 Å². The number of hydrogen-bond acceptors (Lipinski definition) is 5. The molecule has 2 aromatic rings. The van der Waals surface area contributed by atoms with Gasteiger partial charge in [0.05, 0.1) is 25.4 Å². The van der Waals surface area contributed by atoms with Crippen molar-refractivity contribution < 1.29 is 14.6 Å². The Morgan fingerprint density at radius 2 is 2.15 bits per heavy atom. The molecule has 0 spiro atoms. The van der Waals surface area contributed by atoms with E-state index < -0.39 is 6.10 Å². The molecular weight excluding hydrogens is 372 g/mol. The second-order valence-electron chi connectivity index (χ2n) is 6.28. The number of para-hydroxylation sites is 1. The van der Waals surface area contributed by atoms with Crippen molar-refractivity contribution >= 4 is 35.3 Å². The van der Waals surface area contributed by atoms with Crippen LogP contribution in [0, 0.1) is 0 Å². The molecule has 1 aromatic heterocycles. The second kappa shape index (κ2) is 9.92. The number of anilines is 1. The minimum absolute atomic E-state index is 0. The summed E-state index contributed by atoms with van der Waals surface area (Å²) in [6.07, 6.45) is 0.981. The van der Waals surface area contributed by atoms with Crippen LogP contribution < -0.4 is 5.73 Å². The summed E-state index contributed by atoms with van der Waals surface area (Å²) in [4.78, 5) is 15.5. The SMILES string of the molecule is Cl.Nc1ccccc1CCC(=O)N1CCOCC1CC(O)c1cccs1. The van der Waals surface area contributed by atoms with Gasteiger partial charge in [-0.2, -0.15) is 0 Å². The third-order valence-electron chi connectivity index (χ3n) is 4.58.